The third-order valence-corrected chi connectivity index (χ3v) is 3.05. The van der Waals surface area contributed by atoms with Crippen LogP contribution in [0.3, 0.4) is 0 Å². The van der Waals surface area contributed by atoms with Crippen molar-refractivity contribution >= 4 is 6.21 Å². The van der Waals surface area contributed by atoms with Crippen LogP contribution < -0.4 is 0 Å². The summed E-state index contributed by atoms with van der Waals surface area (Å²) in [4.78, 5) is 0. The molecule has 3 nitrogen and oxygen atoms in total. The number of rotatable bonds is 3. The number of aromatic hydroxyl groups is 1. The lowest BCUT2D eigenvalue weighted by atomic mass is 10.2. The Morgan fingerprint density at radius 1 is 1.06 bits per heavy atom. The van der Waals surface area contributed by atoms with Crippen LogP contribution in [-0.4, -0.2) is 22.9 Å². The zero-order valence-electron chi connectivity index (χ0n) is 9.90. The van der Waals surface area contributed by atoms with Crippen molar-refractivity contribution in [3.05, 3.63) is 65.7 Å². The minimum absolute atomic E-state index is 0.263. The van der Waals surface area contributed by atoms with Gasteiger partial charge in [-0.2, -0.15) is 5.10 Å². The van der Waals surface area contributed by atoms with Gasteiger partial charge in [0.2, 0.25) is 0 Å². The molecule has 3 rings (SSSR count). The lowest BCUT2D eigenvalue weighted by Gasteiger charge is -2.00. The first kappa shape index (κ1) is 10.8. The second kappa shape index (κ2) is 4.53. The molecule has 1 N–H and O–H groups in total. The Labute approximate surface area is 106 Å². The van der Waals surface area contributed by atoms with E-state index < -0.39 is 0 Å². The largest absolute Gasteiger partial charge is 0.507 e. The van der Waals surface area contributed by atoms with Crippen LogP contribution in [0.15, 0.2) is 59.7 Å². The molecule has 2 aromatic rings. The molecule has 0 aromatic heterocycles. The topological polar surface area (TPSA) is 35.6 Å². The number of phenolic OH excluding ortho intramolecular Hbond substituents is 1. The van der Waals surface area contributed by atoms with Crippen LogP contribution in [0.5, 0.6) is 5.75 Å². The van der Waals surface area contributed by atoms with Crippen molar-refractivity contribution in [1.82, 2.24) is 5.01 Å². The molecule has 1 heterocycles. The van der Waals surface area contributed by atoms with Crippen molar-refractivity contribution in [2.24, 2.45) is 5.10 Å². The summed E-state index contributed by atoms with van der Waals surface area (Å²) in [6, 6.07) is 17.9. The quantitative estimate of drug-likeness (QED) is 0.659. The molecule has 0 radical (unpaired) electrons. The predicted molar refractivity (Wildman–Crippen MR) is 71.6 cm³/mol. The van der Waals surface area contributed by atoms with Crippen LogP contribution >= 0.6 is 0 Å². The van der Waals surface area contributed by atoms with Gasteiger partial charge in [0.15, 0.2) is 0 Å². The lowest BCUT2D eigenvalue weighted by molar-refractivity contribution is 0.474. The van der Waals surface area contributed by atoms with Gasteiger partial charge >= 0.3 is 0 Å². The van der Waals surface area contributed by atoms with Crippen molar-refractivity contribution in [2.45, 2.75) is 6.04 Å². The van der Waals surface area contributed by atoms with Gasteiger partial charge in [0.05, 0.1) is 18.8 Å². The highest BCUT2D eigenvalue weighted by molar-refractivity contribution is 5.83. The summed E-state index contributed by atoms with van der Waals surface area (Å²) in [7, 11) is 0. The molecule has 1 aliphatic heterocycles. The lowest BCUT2D eigenvalue weighted by Crippen LogP contribution is -1.90. The maximum absolute atomic E-state index is 9.62. The van der Waals surface area contributed by atoms with E-state index in [-0.39, 0.29) is 5.75 Å². The number of hydrogen-bond donors (Lipinski definition) is 1. The summed E-state index contributed by atoms with van der Waals surface area (Å²) in [5.41, 5.74) is 2.03. The molecule has 3 heteroatoms. The minimum atomic E-state index is 0.263. The third-order valence-electron chi connectivity index (χ3n) is 3.05. The predicted octanol–water partition coefficient (Wildman–Crippen LogP) is 2.78. The Kier molecular flexibility index (Phi) is 2.73. The van der Waals surface area contributed by atoms with E-state index in [0.717, 1.165) is 12.1 Å². The Morgan fingerprint density at radius 3 is 2.56 bits per heavy atom. The van der Waals surface area contributed by atoms with E-state index in [2.05, 4.69) is 17.2 Å². The Balaban J connectivity index is 1.68. The van der Waals surface area contributed by atoms with Crippen LogP contribution in [0, 0.1) is 0 Å². The van der Waals surface area contributed by atoms with Crippen molar-refractivity contribution < 1.29 is 5.11 Å². The van der Waals surface area contributed by atoms with E-state index in [0.29, 0.717) is 6.04 Å². The Hall–Kier alpha value is -2.29. The molecule has 0 bridgehead atoms. The first-order valence-corrected chi connectivity index (χ1v) is 5.98. The maximum Gasteiger partial charge on any atom is 0.124 e. The molecule has 90 valence electrons. The summed E-state index contributed by atoms with van der Waals surface area (Å²) < 4.78 is 0. The van der Waals surface area contributed by atoms with Crippen molar-refractivity contribution in [2.75, 3.05) is 6.54 Å². The van der Waals surface area contributed by atoms with Gasteiger partial charge in [-0.15, -0.1) is 0 Å². The summed E-state index contributed by atoms with van der Waals surface area (Å²) in [5.74, 6) is 0.263. The smallest absolute Gasteiger partial charge is 0.124 e. The number of para-hydroxylation sites is 1. The molecule has 1 atom stereocenters. The highest BCUT2D eigenvalue weighted by atomic mass is 16.3. The van der Waals surface area contributed by atoms with Crippen LogP contribution in [0.25, 0.3) is 0 Å². The molecular formula is C15H14N2O. The first-order chi connectivity index (χ1) is 8.84. The number of hydrazone groups is 1. The van der Waals surface area contributed by atoms with Gasteiger partial charge in [-0.3, -0.25) is 5.01 Å². The van der Waals surface area contributed by atoms with Crippen molar-refractivity contribution in [3.63, 3.8) is 0 Å². The number of hydrogen-bond acceptors (Lipinski definition) is 3. The van der Waals surface area contributed by atoms with Crippen molar-refractivity contribution in [1.29, 1.82) is 0 Å². The molecular weight excluding hydrogens is 224 g/mol. The van der Waals surface area contributed by atoms with Gasteiger partial charge < -0.3 is 5.11 Å². The highest BCUT2D eigenvalue weighted by Gasteiger charge is 2.33. The second-order valence-electron chi connectivity index (χ2n) is 4.35. The number of benzene rings is 2. The van der Waals surface area contributed by atoms with Crippen LogP contribution in [0.1, 0.15) is 17.2 Å². The van der Waals surface area contributed by atoms with Crippen molar-refractivity contribution in [3.8, 4) is 5.75 Å². The molecule has 0 saturated carbocycles. The molecule has 0 spiro atoms. The number of phenols is 1. The van der Waals surface area contributed by atoms with Crippen LogP contribution in [0.4, 0.5) is 0 Å². The van der Waals surface area contributed by atoms with Gasteiger partial charge in [0, 0.05) is 5.56 Å². The van der Waals surface area contributed by atoms with Gasteiger partial charge in [0.1, 0.15) is 5.75 Å². The normalized spacial score (nSPS) is 18.2. The van der Waals surface area contributed by atoms with Crippen LogP contribution in [0.2, 0.25) is 0 Å². The SMILES string of the molecule is Oc1ccccc1C=NN1CC1c1ccccc1. The molecule has 1 fully saturated rings. The average molecular weight is 238 g/mol. The zero-order chi connectivity index (χ0) is 12.4. The summed E-state index contributed by atoms with van der Waals surface area (Å²) in [6.45, 7) is 0.939. The number of nitrogens with zero attached hydrogens (tertiary/aromatic N) is 2. The standard InChI is InChI=1S/C15H14N2O/c18-15-9-5-4-8-13(15)10-16-17-11-14(17)12-6-2-1-3-7-12/h1-10,14,18H,11H2. The summed E-state index contributed by atoms with van der Waals surface area (Å²) in [5, 5.41) is 16.0. The molecule has 18 heavy (non-hydrogen) atoms. The third kappa shape index (κ3) is 2.20. The van der Waals surface area contributed by atoms with E-state index in [1.807, 2.05) is 35.3 Å². The second-order valence-corrected chi connectivity index (χ2v) is 4.35. The van der Waals surface area contributed by atoms with Gasteiger partial charge in [-0.25, -0.2) is 0 Å². The fraction of sp³-hybridized carbons (Fsp3) is 0.133. The van der Waals surface area contributed by atoms with Crippen LogP contribution in [-0.2, 0) is 0 Å². The molecule has 1 aliphatic rings. The zero-order valence-corrected chi connectivity index (χ0v) is 9.90. The summed E-state index contributed by atoms with van der Waals surface area (Å²) in [6.07, 6.45) is 1.71. The highest BCUT2D eigenvalue weighted by Crippen LogP contribution is 2.34. The van der Waals surface area contributed by atoms with E-state index in [9.17, 15) is 5.11 Å². The first-order valence-electron chi connectivity index (χ1n) is 5.98. The fourth-order valence-corrected chi connectivity index (χ4v) is 1.94. The van der Waals surface area contributed by atoms with Gasteiger partial charge in [-0.1, -0.05) is 42.5 Å². The molecule has 1 saturated heterocycles. The monoisotopic (exact) mass is 238 g/mol. The molecule has 1 unspecified atom stereocenters. The average Bonchev–Trinajstić information content (AvgIpc) is 3.18. The Bertz CT molecular complexity index is 566. The van der Waals surface area contributed by atoms with Gasteiger partial charge in [0.25, 0.3) is 0 Å². The minimum Gasteiger partial charge on any atom is -0.507 e. The molecule has 2 aromatic carbocycles. The van der Waals surface area contributed by atoms with Gasteiger partial charge in [-0.05, 0) is 17.7 Å². The molecule has 0 aliphatic carbocycles. The van der Waals surface area contributed by atoms with E-state index in [1.165, 1.54) is 5.56 Å². The maximum atomic E-state index is 9.62. The molecule has 0 amide bonds. The Morgan fingerprint density at radius 2 is 1.78 bits per heavy atom. The van der Waals surface area contributed by atoms with E-state index in [1.54, 1.807) is 18.3 Å². The summed E-state index contributed by atoms with van der Waals surface area (Å²) >= 11 is 0. The van der Waals surface area contributed by atoms with E-state index in [4.69, 9.17) is 0 Å². The van der Waals surface area contributed by atoms with E-state index >= 15 is 0 Å². The fourth-order valence-electron chi connectivity index (χ4n) is 1.94.